The van der Waals surface area contributed by atoms with Gasteiger partial charge < -0.3 is 34.8 Å². The fourth-order valence-corrected chi connectivity index (χ4v) is 3.06. The van der Waals surface area contributed by atoms with Gasteiger partial charge in [-0.2, -0.15) is 0 Å². The maximum Gasteiger partial charge on any atom is 2.00 e. The van der Waals surface area contributed by atoms with Crippen LogP contribution in [0.4, 0.5) is 0 Å². The Morgan fingerprint density at radius 3 is 1.53 bits per heavy atom. The van der Waals surface area contributed by atoms with Crippen molar-refractivity contribution >= 4 is 55.6 Å². The van der Waals surface area contributed by atoms with Gasteiger partial charge in [-0.1, -0.05) is 96.8 Å². The minimum Gasteiger partial charge on any atom is -0.550 e. The van der Waals surface area contributed by atoms with Crippen molar-refractivity contribution in [1.29, 1.82) is 0 Å². The third-order valence-electron chi connectivity index (χ3n) is 4.97. The maximum atomic E-state index is 10.6. The van der Waals surface area contributed by atoms with Crippen LogP contribution < -0.4 is 10.2 Å². The number of carboxylic acids is 2. The molecule has 0 radical (unpaired) electrons. The Balaban J connectivity index is -0.000000598. The van der Waals surface area contributed by atoms with Gasteiger partial charge >= 0.3 is 43.7 Å². The number of aliphatic hydroxyl groups is 2. The number of hydrogen-bond donors (Lipinski definition) is 2. The molecule has 1 unspecified atom stereocenters. The van der Waals surface area contributed by atoms with Gasteiger partial charge in [0.15, 0.2) is 0 Å². The number of ether oxygens (including phenoxy) is 1. The van der Waals surface area contributed by atoms with Crippen LogP contribution in [0.5, 0.6) is 0 Å². The molecule has 0 saturated carbocycles. The largest absolute Gasteiger partial charge is 2.00 e. The summed E-state index contributed by atoms with van der Waals surface area (Å²) >= 11 is 0. The summed E-state index contributed by atoms with van der Waals surface area (Å²) in [6, 6.07) is 0. The fourth-order valence-electron chi connectivity index (χ4n) is 3.06. The third-order valence-corrected chi connectivity index (χ3v) is 4.97. The Kier molecular flexibility index (Phi) is 33.8. The molecule has 0 heterocycles. The van der Waals surface area contributed by atoms with Gasteiger partial charge in [-0.25, -0.2) is 4.79 Å². The molecular weight excluding hydrogens is 468 g/mol. The van der Waals surface area contributed by atoms with Crippen molar-refractivity contribution in [3.8, 4) is 0 Å². The van der Waals surface area contributed by atoms with Gasteiger partial charge in [-0.15, -0.1) is 0 Å². The van der Waals surface area contributed by atoms with Crippen molar-refractivity contribution in [3.05, 3.63) is 12.2 Å². The van der Waals surface area contributed by atoms with Crippen molar-refractivity contribution in [2.45, 2.75) is 116 Å². The number of unbranched alkanes of at least 4 members (excludes halogenated alkanes) is 14. The summed E-state index contributed by atoms with van der Waals surface area (Å²) in [7, 11) is 0. The summed E-state index contributed by atoms with van der Waals surface area (Å²) in [5.41, 5.74) is 0. The topological polar surface area (TPSA) is 147 Å². The van der Waals surface area contributed by atoms with E-state index in [4.69, 9.17) is 10.2 Å². The molecule has 0 spiro atoms. The summed E-state index contributed by atoms with van der Waals surface area (Å²) in [6.07, 6.45) is 19.9. The molecule has 0 amide bonds. The minimum atomic E-state index is -1.51. The van der Waals surface area contributed by atoms with Crippen molar-refractivity contribution in [3.63, 3.8) is 0 Å². The van der Waals surface area contributed by atoms with Crippen molar-refractivity contribution in [1.82, 2.24) is 0 Å². The summed E-state index contributed by atoms with van der Waals surface area (Å²) < 4.78 is 4.32. The van der Waals surface area contributed by atoms with Crippen molar-refractivity contribution in [2.75, 3.05) is 13.2 Å². The Morgan fingerprint density at radius 2 is 1.18 bits per heavy atom. The van der Waals surface area contributed by atoms with Crippen LogP contribution in [-0.4, -0.2) is 85.2 Å². The zero-order valence-corrected chi connectivity index (χ0v) is 23.2. The predicted octanol–water partition coefficient (Wildman–Crippen LogP) is 1.81. The van der Waals surface area contributed by atoms with E-state index in [1.165, 1.54) is 83.5 Å². The smallest absolute Gasteiger partial charge is 0.550 e. The summed E-state index contributed by atoms with van der Waals surface area (Å²) in [4.78, 5) is 30.6. The minimum absolute atomic E-state index is 0. The molecule has 0 fully saturated rings. The van der Waals surface area contributed by atoms with Crippen LogP contribution in [0, 0.1) is 0 Å². The first kappa shape index (κ1) is 37.9. The molecule has 0 aromatic carbocycles. The summed E-state index contributed by atoms with van der Waals surface area (Å²) in [6.45, 7) is 1.35. The van der Waals surface area contributed by atoms with Crippen LogP contribution >= 0.6 is 0 Å². The summed E-state index contributed by atoms with van der Waals surface area (Å²) in [5, 5.41) is 37.0. The van der Waals surface area contributed by atoms with E-state index >= 15 is 0 Å². The predicted molar refractivity (Wildman–Crippen MR) is 129 cm³/mol. The Bertz CT molecular complexity index is 511. The molecule has 0 rings (SSSR count). The Hall–Kier alpha value is -0.670. The molecule has 34 heavy (non-hydrogen) atoms. The van der Waals surface area contributed by atoms with E-state index in [0.717, 1.165) is 12.8 Å². The van der Waals surface area contributed by atoms with Crippen LogP contribution in [0.1, 0.15) is 110 Å². The van der Waals surface area contributed by atoms with E-state index in [2.05, 4.69) is 11.7 Å². The standard InChI is InChI=1S/C18H36O2.C7H10O6.Ca/c1-2-3-4-5-6-7-8-9-10-11-12-13-14-15-16-17-18(19)20;8-3-5(9)4-13-7(12)2-1-6(10)11;/h2-17H2,1H3,(H,19,20);1-2,5,8-9H,3-4H2,(H,10,11);/q;;+2/p-2/b;2-1-;. The first-order valence-corrected chi connectivity index (χ1v) is 12.4. The molecule has 0 aliphatic heterocycles. The zero-order valence-electron chi connectivity index (χ0n) is 21.0. The monoisotopic (exact) mass is 512 g/mol. The first-order chi connectivity index (χ1) is 15.8. The van der Waals surface area contributed by atoms with Crippen LogP contribution in [0.2, 0.25) is 0 Å². The molecular formula is C25H44CaO8. The van der Waals surface area contributed by atoms with E-state index < -0.39 is 30.6 Å². The van der Waals surface area contributed by atoms with E-state index in [1.807, 2.05) is 0 Å². The van der Waals surface area contributed by atoms with E-state index in [9.17, 15) is 24.6 Å². The fraction of sp³-hybridized carbons (Fsp3) is 0.800. The Labute approximate surface area is 235 Å². The molecule has 2 N–H and O–H groups in total. The summed E-state index contributed by atoms with van der Waals surface area (Å²) in [5.74, 6) is -3.34. The zero-order chi connectivity index (χ0) is 25.2. The van der Waals surface area contributed by atoms with Gasteiger partial charge in [-0.3, -0.25) is 0 Å². The van der Waals surface area contributed by atoms with Gasteiger partial charge in [0, 0.05) is 12.0 Å². The third kappa shape index (κ3) is 35.9. The van der Waals surface area contributed by atoms with Gasteiger partial charge in [0.1, 0.15) is 12.7 Å². The average molecular weight is 513 g/mol. The van der Waals surface area contributed by atoms with E-state index in [-0.39, 0.29) is 50.8 Å². The normalized spacial score (nSPS) is 11.3. The molecule has 8 nitrogen and oxygen atoms in total. The number of rotatable bonds is 21. The number of carbonyl (C=O) groups excluding carboxylic acids is 3. The first-order valence-electron chi connectivity index (χ1n) is 12.4. The number of esters is 1. The molecule has 0 aliphatic rings. The van der Waals surface area contributed by atoms with Crippen LogP contribution in [0.15, 0.2) is 12.2 Å². The SMILES string of the molecule is CCCCCCCCCCCCCCCCCC(=O)[O-].O=C([O-])/C=C\C(=O)OCC(O)CO.[Ca+2]. The molecule has 0 aliphatic carbocycles. The van der Waals surface area contributed by atoms with Crippen LogP contribution in [-0.2, 0) is 19.1 Å². The molecule has 1 atom stereocenters. The van der Waals surface area contributed by atoms with Crippen LogP contribution in [0.3, 0.4) is 0 Å². The quantitative estimate of drug-likeness (QED) is 0.102. The molecule has 9 heteroatoms. The maximum absolute atomic E-state index is 10.6. The molecule has 0 saturated heterocycles. The van der Waals surface area contributed by atoms with Gasteiger partial charge in [0.2, 0.25) is 0 Å². The van der Waals surface area contributed by atoms with Crippen molar-refractivity contribution in [2.24, 2.45) is 0 Å². The van der Waals surface area contributed by atoms with Crippen LogP contribution in [0.25, 0.3) is 0 Å². The number of aliphatic carboxylic acids is 2. The second kappa shape index (κ2) is 30.4. The van der Waals surface area contributed by atoms with Gasteiger partial charge in [0.05, 0.1) is 12.6 Å². The number of carbonyl (C=O) groups is 3. The number of carboxylic acid groups (broad SMARTS) is 2. The Morgan fingerprint density at radius 1 is 0.765 bits per heavy atom. The molecule has 0 aromatic rings. The average Bonchev–Trinajstić information content (AvgIpc) is 2.78. The van der Waals surface area contributed by atoms with Gasteiger partial charge in [-0.05, 0) is 18.9 Å². The second-order valence-corrected chi connectivity index (χ2v) is 8.19. The molecule has 0 bridgehead atoms. The van der Waals surface area contributed by atoms with E-state index in [1.54, 1.807) is 0 Å². The molecule has 0 aromatic heterocycles. The van der Waals surface area contributed by atoms with Crippen molar-refractivity contribution < 1.29 is 39.5 Å². The number of hydrogen-bond acceptors (Lipinski definition) is 8. The molecule has 194 valence electrons. The second-order valence-electron chi connectivity index (χ2n) is 8.19. The van der Waals surface area contributed by atoms with Gasteiger partial charge in [0.25, 0.3) is 0 Å². The number of aliphatic hydroxyl groups excluding tert-OH is 2. The van der Waals surface area contributed by atoms with E-state index in [0.29, 0.717) is 12.2 Å².